The standard InChI is InChI=1S/C10H13NO2S/c1-9-3-5-10(6-4-9)14(12,13)11-7-2-8-11/h3-6H,2,7-8H2,1H3. The van der Waals surface area contributed by atoms with E-state index in [4.69, 9.17) is 0 Å². The van der Waals surface area contributed by atoms with Gasteiger partial charge in [0.05, 0.1) is 4.90 Å². The van der Waals surface area contributed by atoms with E-state index in [1.54, 1.807) is 12.1 Å². The SMILES string of the molecule is Cc1ccc(S(=O)(=O)N2CCC2)cc1. The van der Waals surface area contributed by atoms with E-state index in [1.165, 1.54) is 4.31 Å². The Labute approximate surface area is 84.4 Å². The Balaban J connectivity index is 2.34. The highest BCUT2D eigenvalue weighted by Crippen LogP contribution is 2.20. The highest BCUT2D eigenvalue weighted by molar-refractivity contribution is 7.89. The van der Waals surface area contributed by atoms with E-state index in [1.807, 2.05) is 19.1 Å². The van der Waals surface area contributed by atoms with Crippen LogP contribution < -0.4 is 0 Å². The van der Waals surface area contributed by atoms with Crippen LogP contribution >= 0.6 is 0 Å². The van der Waals surface area contributed by atoms with Crippen LogP contribution in [0.1, 0.15) is 12.0 Å². The summed E-state index contributed by atoms with van der Waals surface area (Å²) in [5.74, 6) is 0. The van der Waals surface area contributed by atoms with Gasteiger partial charge < -0.3 is 0 Å². The van der Waals surface area contributed by atoms with Gasteiger partial charge in [0.1, 0.15) is 0 Å². The van der Waals surface area contributed by atoms with Gasteiger partial charge >= 0.3 is 0 Å². The average Bonchev–Trinajstić information content (AvgIpc) is 2.00. The summed E-state index contributed by atoms with van der Waals surface area (Å²) in [6, 6.07) is 6.99. The number of aryl methyl sites for hydroxylation is 1. The van der Waals surface area contributed by atoms with Gasteiger partial charge in [-0.25, -0.2) is 8.42 Å². The van der Waals surface area contributed by atoms with Crippen molar-refractivity contribution in [2.45, 2.75) is 18.2 Å². The molecule has 0 unspecified atom stereocenters. The van der Waals surface area contributed by atoms with Crippen LogP contribution in [0.4, 0.5) is 0 Å². The first-order valence-corrected chi connectivity index (χ1v) is 6.11. The zero-order valence-electron chi connectivity index (χ0n) is 8.10. The highest BCUT2D eigenvalue weighted by Gasteiger charge is 2.28. The molecule has 0 spiro atoms. The van der Waals surface area contributed by atoms with Gasteiger partial charge in [-0.2, -0.15) is 4.31 Å². The molecule has 0 bridgehead atoms. The third kappa shape index (κ3) is 1.55. The molecule has 1 aliphatic heterocycles. The van der Waals surface area contributed by atoms with Gasteiger partial charge in [-0.1, -0.05) is 17.7 Å². The van der Waals surface area contributed by atoms with Crippen LogP contribution in [0.2, 0.25) is 0 Å². The fourth-order valence-corrected chi connectivity index (χ4v) is 2.90. The summed E-state index contributed by atoms with van der Waals surface area (Å²) in [6.07, 6.45) is 0.977. The largest absolute Gasteiger partial charge is 0.243 e. The minimum atomic E-state index is -3.19. The summed E-state index contributed by atoms with van der Waals surface area (Å²) >= 11 is 0. The zero-order valence-corrected chi connectivity index (χ0v) is 8.92. The maximum atomic E-state index is 11.9. The molecule has 0 N–H and O–H groups in total. The molecular weight excluding hydrogens is 198 g/mol. The molecule has 1 fully saturated rings. The van der Waals surface area contributed by atoms with E-state index in [2.05, 4.69) is 0 Å². The van der Waals surface area contributed by atoms with Gasteiger partial charge in [0, 0.05) is 13.1 Å². The van der Waals surface area contributed by atoms with Crippen LogP contribution in [-0.4, -0.2) is 25.8 Å². The number of sulfonamides is 1. The first-order chi connectivity index (χ1) is 6.60. The van der Waals surface area contributed by atoms with E-state index in [9.17, 15) is 8.42 Å². The van der Waals surface area contributed by atoms with Crippen molar-refractivity contribution >= 4 is 10.0 Å². The molecule has 0 saturated carbocycles. The molecule has 0 radical (unpaired) electrons. The third-order valence-corrected chi connectivity index (χ3v) is 4.39. The quantitative estimate of drug-likeness (QED) is 0.741. The van der Waals surface area contributed by atoms with Crippen LogP contribution in [0.15, 0.2) is 29.2 Å². The maximum Gasteiger partial charge on any atom is 0.243 e. The Kier molecular flexibility index (Phi) is 2.33. The number of benzene rings is 1. The highest BCUT2D eigenvalue weighted by atomic mass is 32.2. The summed E-state index contributed by atoms with van der Waals surface area (Å²) in [5.41, 5.74) is 1.08. The van der Waals surface area contributed by atoms with Crippen molar-refractivity contribution in [3.8, 4) is 0 Å². The molecule has 1 aromatic carbocycles. The smallest absolute Gasteiger partial charge is 0.207 e. The van der Waals surface area contributed by atoms with Gasteiger partial charge in [0.15, 0.2) is 0 Å². The molecule has 0 aromatic heterocycles. The Bertz CT molecular complexity index is 418. The second kappa shape index (κ2) is 3.37. The first kappa shape index (κ1) is 9.68. The van der Waals surface area contributed by atoms with E-state index >= 15 is 0 Å². The average molecular weight is 211 g/mol. The number of nitrogens with zero attached hydrogens (tertiary/aromatic N) is 1. The Morgan fingerprint density at radius 2 is 1.71 bits per heavy atom. The fourth-order valence-electron chi connectivity index (χ4n) is 1.39. The lowest BCUT2D eigenvalue weighted by Crippen LogP contribution is -2.41. The molecular formula is C10H13NO2S. The summed E-state index contributed by atoms with van der Waals surface area (Å²) in [4.78, 5) is 0.405. The van der Waals surface area contributed by atoms with E-state index in [-0.39, 0.29) is 0 Å². The second-order valence-corrected chi connectivity index (χ2v) is 5.51. The molecule has 4 heteroatoms. The van der Waals surface area contributed by atoms with Crippen LogP contribution in [-0.2, 0) is 10.0 Å². The van der Waals surface area contributed by atoms with E-state index in [0.29, 0.717) is 18.0 Å². The van der Waals surface area contributed by atoms with Crippen LogP contribution in [0, 0.1) is 6.92 Å². The molecule has 1 aliphatic rings. The van der Waals surface area contributed by atoms with Crippen molar-refractivity contribution in [1.29, 1.82) is 0 Å². The van der Waals surface area contributed by atoms with Crippen molar-refractivity contribution in [3.05, 3.63) is 29.8 Å². The Morgan fingerprint density at radius 3 is 2.14 bits per heavy atom. The third-order valence-electron chi connectivity index (χ3n) is 2.47. The normalized spacial score (nSPS) is 17.8. The number of hydrogen-bond acceptors (Lipinski definition) is 2. The molecule has 1 aromatic rings. The lowest BCUT2D eigenvalue weighted by molar-refractivity contribution is 0.309. The van der Waals surface area contributed by atoms with Crippen molar-refractivity contribution in [2.75, 3.05) is 13.1 Å². The van der Waals surface area contributed by atoms with Crippen molar-refractivity contribution in [1.82, 2.24) is 4.31 Å². The molecule has 0 atom stereocenters. The molecule has 76 valence electrons. The molecule has 2 rings (SSSR count). The molecule has 1 saturated heterocycles. The topological polar surface area (TPSA) is 37.4 Å². The minimum absolute atomic E-state index is 0.405. The van der Waals surface area contributed by atoms with Crippen molar-refractivity contribution < 1.29 is 8.42 Å². The van der Waals surface area contributed by atoms with Gasteiger partial charge in [-0.05, 0) is 25.5 Å². The summed E-state index contributed by atoms with van der Waals surface area (Å²) in [7, 11) is -3.19. The van der Waals surface area contributed by atoms with Gasteiger partial charge in [-0.3, -0.25) is 0 Å². The Hall–Kier alpha value is -0.870. The predicted molar refractivity (Wildman–Crippen MR) is 54.6 cm³/mol. The molecule has 0 amide bonds. The first-order valence-electron chi connectivity index (χ1n) is 4.67. The summed E-state index contributed by atoms with van der Waals surface area (Å²) < 4.78 is 25.2. The molecule has 3 nitrogen and oxygen atoms in total. The van der Waals surface area contributed by atoms with Gasteiger partial charge in [-0.15, -0.1) is 0 Å². The van der Waals surface area contributed by atoms with Crippen molar-refractivity contribution in [3.63, 3.8) is 0 Å². The van der Waals surface area contributed by atoms with Crippen LogP contribution in [0.25, 0.3) is 0 Å². The van der Waals surface area contributed by atoms with Crippen LogP contribution in [0.5, 0.6) is 0 Å². The lowest BCUT2D eigenvalue weighted by Gasteiger charge is -2.29. The van der Waals surface area contributed by atoms with E-state index in [0.717, 1.165) is 12.0 Å². The monoisotopic (exact) mass is 211 g/mol. The summed E-state index contributed by atoms with van der Waals surface area (Å²) in [6.45, 7) is 3.27. The predicted octanol–water partition coefficient (Wildman–Crippen LogP) is 1.39. The van der Waals surface area contributed by atoms with Gasteiger partial charge in [0.25, 0.3) is 0 Å². The van der Waals surface area contributed by atoms with E-state index < -0.39 is 10.0 Å². The fraction of sp³-hybridized carbons (Fsp3) is 0.400. The lowest BCUT2D eigenvalue weighted by atomic mass is 10.2. The van der Waals surface area contributed by atoms with Crippen LogP contribution in [0.3, 0.4) is 0 Å². The maximum absolute atomic E-state index is 11.9. The van der Waals surface area contributed by atoms with Crippen molar-refractivity contribution in [2.24, 2.45) is 0 Å². The Morgan fingerprint density at radius 1 is 1.14 bits per heavy atom. The summed E-state index contributed by atoms with van der Waals surface area (Å²) in [5, 5.41) is 0. The number of hydrogen-bond donors (Lipinski definition) is 0. The molecule has 14 heavy (non-hydrogen) atoms. The molecule has 0 aliphatic carbocycles. The molecule has 1 heterocycles. The zero-order chi connectivity index (χ0) is 10.2. The minimum Gasteiger partial charge on any atom is -0.207 e. The second-order valence-electron chi connectivity index (χ2n) is 3.57. The number of rotatable bonds is 2. The van der Waals surface area contributed by atoms with Gasteiger partial charge in [0.2, 0.25) is 10.0 Å².